The molecule has 210 valence electrons. The average Bonchev–Trinajstić information content (AvgIpc) is 2.99. The van der Waals surface area contributed by atoms with Crippen LogP contribution >= 0.6 is 0 Å². The zero-order valence-corrected chi connectivity index (χ0v) is 22.7. The van der Waals surface area contributed by atoms with Gasteiger partial charge in [-0.15, -0.1) is 0 Å². The fraction of sp³-hybridized carbons (Fsp3) is 0.182. The Morgan fingerprint density at radius 2 is 1.27 bits per heavy atom. The van der Waals surface area contributed by atoms with Crippen molar-refractivity contribution in [2.75, 3.05) is 6.54 Å². The summed E-state index contributed by atoms with van der Waals surface area (Å²) < 4.78 is 0. The number of nitrogens with zero attached hydrogens (tertiary/aromatic N) is 1. The summed E-state index contributed by atoms with van der Waals surface area (Å²) in [6, 6.07) is 33.0. The summed E-state index contributed by atoms with van der Waals surface area (Å²) in [7, 11) is 0. The molecule has 0 bridgehead atoms. The maximum Gasteiger partial charge on any atom is 0.242 e. The van der Waals surface area contributed by atoms with Gasteiger partial charge in [0.2, 0.25) is 11.8 Å². The molecule has 0 aliphatic heterocycles. The summed E-state index contributed by atoms with van der Waals surface area (Å²) in [4.78, 5) is 31.1. The molecule has 0 aliphatic carbocycles. The lowest BCUT2D eigenvalue weighted by atomic mass is 9.90. The van der Waals surface area contributed by atoms with E-state index in [-0.39, 0.29) is 23.5 Å². The van der Waals surface area contributed by atoms with Crippen molar-refractivity contribution in [3.63, 3.8) is 0 Å². The standard InChI is InChI=1S/C33H35N5O3/c34-33(35)36-21-7-12-29(38-32(41)30(26-8-3-1-4-9-26)27-10-5-2-6-11-27)31(40)37-22-23-13-15-24(16-14-23)25-17-19-28(39)20-18-25/h1-6,8-11,13-20,29-30,39H,7,12,21-22H2,(H,37,40)(H,38,41)(H4,34,35,36)/t29-/m0/s1. The van der Waals surface area contributed by atoms with Gasteiger partial charge in [-0.3, -0.25) is 14.6 Å². The van der Waals surface area contributed by atoms with Crippen LogP contribution in [0.3, 0.4) is 0 Å². The average molecular weight is 550 g/mol. The minimum atomic E-state index is -0.775. The second-order valence-corrected chi connectivity index (χ2v) is 9.73. The number of aromatic hydroxyl groups is 1. The van der Waals surface area contributed by atoms with Crippen LogP contribution in [0.25, 0.3) is 11.1 Å². The van der Waals surface area contributed by atoms with Crippen LogP contribution in [-0.4, -0.2) is 35.5 Å². The van der Waals surface area contributed by atoms with Crippen molar-refractivity contribution in [3.05, 3.63) is 126 Å². The molecule has 0 aromatic heterocycles. The molecule has 8 nitrogen and oxygen atoms in total. The van der Waals surface area contributed by atoms with E-state index in [0.29, 0.717) is 25.9 Å². The lowest BCUT2D eigenvalue weighted by molar-refractivity contribution is -0.129. The lowest BCUT2D eigenvalue weighted by Gasteiger charge is -2.23. The second-order valence-electron chi connectivity index (χ2n) is 9.73. The fourth-order valence-corrected chi connectivity index (χ4v) is 4.59. The Morgan fingerprint density at radius 3 is 1.80 bits per heavy atom. The van der Waals surface area contributed by atoms with Gasteiger partial charge in [-0.05, 0) is 52.8 Å². The highest BCUT2D eigenvalue weighted by Crippen LogP contribution is 2.25. The van der Waals surface area contributed by atoms with Crippen LogP contribution < -0.4 is 22.1 Å². The monoisotopic (exact) mass is 549 g/mol. The maximum absolute atomic E-state index is 13.7. The van der Waals surface area contributed by atoms with E-state index in [0.717, 1.165) is 27.8 Å². The SMILES string of the molecule is NC(N)=NCCC[C@H](NC(=O)C(c1ccccc1)c1ccccc1)C(=O)NCc1ccc(-c2ccc(O)cc2)cc1. The summed E-state index contributed by atoms with van der Waals surface area (Å²) >= 11 is 0. The molecule has 4 aromatic carbocycles. The molecule has 2 amide bonds. The Kier molecular flexibility index (Phi) is 10.1. The molecule has 7 N–H and O–H groups in total. The molecule has 4 aromatic rings. The van der Waals surface area contributed by atoms with Crippen molar-refractivity contribution < 1.29 is 14.7 Å². The molecular weight excluding hydrogens is 514 g/mol. The number of hydrogen-bond acceptors (Lipinski definition) is 4. The molecule has 0 spiro atoms. The van der Waals surface area contributed by atoms with Gasteiger partial charge in [0, 0.05) is 13.1 Å². The van der Waals surface area contributed by atoms with E-state index in [4.69, 9.17) is 11.5 Å². The lowest BCUT2D eigenvalue weighted by Crippen LogP contribution is -2.48. The number of rotatable bonds is 12. The molecule has 0 radical (unpaired) electrons. The van der Waals surface area contributed by atoms with E-state index in [1.807, 2.05) is 97.1 Å². The smallest absolute Gasteiger partial charge is 0.242 e. The van der Waals surface area contributed by atoms with Crippen LogP contribution in [0, 0.1) is 0 Å². The predicted octanol–water partition coefficient (Wildman–Crippen LogP) is 4.05. The van der Waals surface area contributed by atoms with Crippen molar-refractivity contribution in [1.29, 1.82) is 0 Å². The van der Waals surface area contributed by atoms with Gasteiger partial charge in [0.25, 0.3) is 0 Å². The van der Waals surface area contributed by atoms with E-state index in [2.05, 4.69) is 15.6 Å². The third kappa shape index (κ3) is 8.44. The molecule has 0 heterocycles. The number of benzene rings is 4. The van der Waals surface area contributed by atoms with Crippen molar-refractivity contribution in [3.8, 4) is 16.9 Å². The summed E-state index contributed by atoms with van der Waals surface area (Å²) in [6.07, 6.45) is 0.878. The highest BCUT2D eigenvalue weighted by Gasteiger charge is 2.27. The molecule has 0 saturated heterocycles. The van der Waals surface area contributed by atoms with Crippen molar-refractivity contribution >= 4 is 17.8 Å². The van der Waals surface area contributed by atoms with Gasteiger partial charge < -0.3 is 27.2 Å². The van der Waals surface area contributed by atoms with Gasteiger partial charge in [-0.1, -0.05) is 97.1 Å². The first-order valence-corrected chi connectivity index (χ1v) is 13.5. The quantitative estimate of drug-likeness (QED) is 0.103. The van der Waals surface area contributed by atoms with E-state index in [9.17, 15) is 14.7 Å². The third-order valence-electron chi connectivity index (χ3n) is 6.73. The number of nitrogens with one attached hydrogen (secondary N) is 2. The first-order chi connectivity index (χ1) is 19.9. The van der Waals surface area contributed by atoms with Crippen LogP contribution in [0.4, 0.5) is 0 Å². The minimum absolute atomic E-state index is 0.0148. The van der Waals surface area contributed by atoms with Crippen LogP contribution in [0.1, 0.15) is 35.4 Å². The second kappa shape index (κ2) is 14.3. The van der Waals surface area contributed by atoms with Crippen LogP contribution in [0.2, 0.25) is 0 Å². The highest BCUT2D eigenvalue weighted by molar-refractivity contribution is 5.92. The normalized spacial score (nSPS) is 11.4. The Hall–Kier alpha value is -5.11. The minimum Gasteiger partial charge on any atom is -0.508 e. The summed E-state index contributed by atoms with van der Waals surface area (Å²) in [6.45, 7) is 0.650. The Morgan fingerprint density at radius 1 is 0.732 bits per heavy atom. The number of carbonyl (C=O) groups is 2. The Labute approximate surface area is 240 Å². The summed E-state index contributed by atoms with van der Waals surface area (Å²) in [5, 5.41) is 15.5. The Bertz CT molecular complexity index is 1400. The number of carbonyl (C=O) groups excluding carboxylic acids is 2. The molecule has 4 rings (SSSR count). The molecule has 0 saturated carbocycles. The number of phenols is 1. The topological polar surface area (TPSA) is 143 Å². The molecule has 8 heteroatoms. The van der Waals surface area contributed by atoms with Crippen LogP contribution in [0.5, 0.6) is 5.75 Å². The molecule has 41 heavy (non-hydrogen) atoms. The largest absolute Gasteiger partial charge is 0.508 e. The van der Waals surface area contributed by atoms with Gasteiger partial charge in [-0.25, -0.2) is 0 Å². The van der Waals surface area contributed by atoms with Crippen molar-refractivity contribution in [2.24, 2.45) is 16.5 Å². The van der Waals surface area contributed by atoms with Gasteiger partial charge in [-0.2, -0.15) is 0 Å². The van der Waals surface area contributed by atoms with Crippen molar-refractivity contribution in [1.82, 2.24) is 10.6 Å². The zero-order valence-electron chi connectivity index (χ0n) is 22.7. The van der Waals surface area contributed by atoms with Crippen molar-refractivity contribution in [2.45, 2.75) is 31.3 Å². The molecule has 1 atom stereocenters. The van der Waals surface area contributed by atoms with E-state index in [1.54, 1.807) is 12.1 Å². The summed E-state index contributed by atoms with van der Waals surface area (Å²) in [5.74, 6) is -0.920. The fourth-order valence-electron chi connectivity index (χ4n) is 4.59. The van der Waals surface area contributed by atoms with Gasteiger partial charge in [0.15, 0.2) is 5.96 Å². The van der Waals surface area contributed by atoms with E-state index in [1.165, 1.54) is 0 Å². The number of phenolic OH excluding ortho intramolecular Hbond substituents is 1. The van der Waals surface area contributed by atoms with E-state index >= 15 is 0 Å². The molecular formula is C33H35N5O3. The molecule has 0 fully saturated rings. The van der Waals surface area contributed by atoms with Crippen LogP contribution in [0.15, 0.2) is 114 Å². The number of aliphatic imine (C=N–C) groups is 1. The summed E-state index contributed by atoms with van der Waals surface area (Å²) in [5.41, 5.74) is 15.5. The van der Waals surface area contributed by atoms with E-state index < -0.39 is 12.0 Å². The maximum atomic E-state index is 13.7. The number of hydrogen-bond donors (Lipinski definition) is 5. The van der Waals surface area contributed by atoms with Gasteiger partial charge >= 0.3 is 0 Å². The number of amides is 2. The zero-order chi connectivity index (χ0) is 29.0. The predicted molar refractivity (Wildman–Crippen MR) is 162 cm³/mol. The first kappa shape index (κ1) is 28.9. The molecule has 0 unspecified atom stereocenters. The molecule has 0 aliphatic rings. The van der Waals surface area contributed by atoms with Crippen LogP contribution in [-0.2, 0) is 16.1 Å². The highest BCUT2D eigenvalue weighted by atomic mass is 16.3. The Balaban J connectivity index is 1.46. The van der Waals surface area contributed by atoms with Gasteiger partial charge in [0.05, 0.1) is 5.92 Å². The third-order valence-corrected chi connectivity index (χ3v) is 6.73. The van der Waals surface area contributed by atoms with Gasteiger partial charge in [0.1, 0.15) is 11.8 Å². The first-order valence-electron chi connectivity index (χ1n) is 13.5. The number of guanidine groups is 1. The number of nitrogens with two attached hydrogens (primary N) is 2.